The summed E-state index contributed by atoms with van der Waals surface area (Å²) in [5.74, 6) is -0.623. The quantitative estimate of drug-likeness (QED) is 0.737. The number of fused-ring (bicyclic) bond motifs is 1. The van der Waals surface area contributed by atoms with Gasteiger partial charge in [-0.1, -0.05) is 6.07 Å². The normalized spacial score (nSPS) is 15.0. The van der Waals surface area contributed by atoms with E-state index in [4.69, 9.17) is 0 Å². The maximum Gasteiger partial charge on any atom is 0.276 e. The number of hydrogen-bond donors (Lipinski definition) is 1. The minimum Gasteiger partial charge on any atom is -0.348 e. The summed E-state index contributed by atoms with van der Waals surface area (Å²) in [6, 6.07) is 4.63. The van der Waals surface area contributed by atoms with Crippen LogP contribution in [-0.2, 0) is 11.3 Å². The number of benzene rings is 1. The number of aromatic nitrogens is 3. The first-order chi connectivity index (χ1) is 13.3. The lowest BCUT2D eigenvalue weighted by atomic mass is 10.0. The van der Waals surface area contributed by atoms with Gasteiger partial charge in [0.25, 0.3) is 5.56 Å². The summed E-state index contributed by atoms with van der Waals surface area (Å²) < 4.78 is 16.6. The predicted octanol–water partition coefficient (Wildman–Crippen LogP) is 3.17. The van der Waals surface area contributed by atoms with Crippen molar-refractivity contribution >= 4 is 16.8 Å². The molecular weight excluding hydrogens is 359 g/mol. The molecule has 6 nitrogen and oxygen atoms in total. The van der Waals surface area contributed by atoms with E-state index in [-0.39, 0.29) is 29.9 Å². The molecule has 1 aliphatic carbocycles. The van der Waals surface area contributed by atoms with Gasteiger partial charge in [0.2, 0.25) is 5.91 Å². The molecule has 4 rings (SSSR count). The fraction of sp³-hybridized carbons (Fsp3) is 0.381. The molecule has 0 unspecified atom stereocenters. The second-order valence-electron chi connectivity index (χ2n) is 7.61. The van der Waals surface area contributed by atoms with Crippen LogP contribution in [0.15, 0.2) is 35.4 Å². The van der Waals surface area contributed by atoms with Crippen molar-refractivity contribution in [3.05, 3.63) is 63.5 Å². The molecule has 0 aliphatic heterocycles. The lowest BCUT2D eigenvalue weighted by Crippen LogP contribution is -2.35. The highest BCUT2D eigenvalue weighted by molar-refractivity contribution is 5.83. The van der Waals surface area contributed by atoms with Crippen LogP contribution in [0.25, 0.3) is 10.9 Å². The number of rotatable bonds is 5. The summed E-state index contributed by atoms with van der Waals surface area (Å²) in [6.07, 6.45) is 5.91. The largest absolute Gasteiger partial charge is 0.348 e. The number of aryl methyl sites for hydroxylation is 2. The van der Waals surface area contributed by atoms with Crippen LogP contribution in [0, 0.1) is 19.7 Å². The molecule has 146 valence electrons. The molecular formula is C21H23FN4O2. The SMILES string of the molecule is Cc1cc(F)ccc1[C@H](C)NC(=O)Cn1ncc2c(c(C)cn2C2CC2)c1=O. The smallest absolute Gasteiger partial charge is 0.276 e. The van der Waals surface area contributed by atoms with E-state index in [1.165, 1.54) is 16.8 Å². The van der Waals surface area contributed by atoms with Gasteiger partial charge in [0.1, 0.15) is 12.4 Å². The van der Waals surface area contributed by atoms with Crippen molar-refractivity contribution in [2.24, 2.45) is 0 Å². The van der Waals surface area contributed by atoms with E-state index in [9.17, 15) is 14.0 Å². The van der Waals surface area contributed by atoms with Gasteiger partial charge in [-0.25, -0.2) is 9.07 Å². The average molecular weight is 382 g/mol. The van der Waals surface area contributed by atoms with Crippen LogP contribution < -0.4 is 10.9 Å². The number of halogens is 1. The molecule has 1 fully saturated rings. The number of amides is 1. The fourth-order valence-corrected chi connectivity index (χ4v) is 3.78. The first-order valence-corrected chi connectivity index (χ1v) is 9.48. The monoisotopic (exact) mass is 382 g/mol. The molecule has 1 N–H and O–H groups in total. The van der Waals surface area contributed by atoms with Gasteiger partial charge in [-0.05, 0) is 62.4 Å². The number of nitrogens with one attached hydrogen (secondary N) is 1. The molecule has 1 aliphatic rings. The molecule has 2 aromatic heterocycles. The number of hydrogen-bond acceptors (Lipinski definition) is 3. The Labute approximate surface area is 162 Å². The standard InChI is InChI=1S/C21H23FN4O2/c1-12-8-15(22)4-7-17(12)14(3)24-19(27)11-26-21(28)20-13(2)10-25(16-5-6-16)18(20)9-23-26/h4,7-10,14,16H,5-6,11H2,1-3H3,(H,24,27)/t14-/m0/s1. The predicted molar refractivity (Wildman–Crippen MR) is 105 cm³/mol. The van der Waals surface area contributed by atoms with Gasteiger partial charge in [-0.15, -0.1) is 0 Å². The van der Waals surface area contributed by atoms with Crippen molar-refractivity contribution in [2.45, 2.75) is 52.2 Å². The van der Waals surface area contributed by atoms with Gasteiger partial charge in [0.15, 0.2) is 0 Å². The Balaban J connectivity index is 1.54. The lowest BCUT2D eigenvalue weighted by molar-refractivity contribution is -0.122. The molecule has 0 bridgehead atoms. The van der Waals surface area contributed by atoms with Crippen molar-refractivity contribution in [1.29, 1.82) is 0 Å². The minimum absolute atomic E-state index is 0.159. The number of carbonyl (C=O) groups is 1. The van der Waals surface area contributed by atoms with E-state index in [1.54, 1.807) is 19.2 Å². The molecule has 3 aromatic rings. The van der Waals surface area contributed by atoms with Crippen molar-refractivity contribution in [2.75, 3.05) is 0 Å². The number of nitrogens with zero attached hydrogens (tertiary/aromatic N) is 3. The third-order valence-electron chi connectivity index (χ3n) is 5.34. The van der Waals surface area contributed by atoms with Crippen molar-refractivity contribution < 1.29 is 9.18 Å². The van der Waals surface area contributed by atoms with Crippen LogP contribution in [0.2, 0.25) is 0 Å². The Morgan fingerprint density at radius 1 is 1.32 bits per heavy atom. The molecule has 1 aromatic carbocycles. The van der Waals surface area contributed by atoms with Crippen molar-refractivity contribution in [3.8, 4) is 0 Å². The molecule has 0 spiro atoms. The minimum atomic E-state index is -0.315. The highest BCUT2D eigenvalue weighted by atomic mass is 19.1. The summed E-state index contributed by atoms with van der Waals surface area (Å²) >= 11 is 0. The molecule has 7 heteroatoms. The third kappa shape index (κ3) is 3.32. The summed E-state index contributed by atoms with van der Waals surface area (Å²) in [5, 5.41) is 7.70. The van der Waals surface area contributed by atoms with Crippen LogP contribution in [0.5, 0.6) is 0 Å². The summed E-state index contributed by atoms with van der Waals surface area (Å²) in [4.78, 5) is 25.3. The molecule has 28 heavy (non-hydrogen) atoms. The van der Waals surface area contributed by atoms with Gasteiger partial charge < -0.3 is 9.88 Å². The first kappa shape index (κ1) is 18.4. The average Bonchev–Trinajstić information content (AvgIpc) is 3.41. The van der Waals surface area contributed by atoms with Crippen LogP contribution in [0.1, 0.15) is 48.5 Å². The molecule has 1 atom stereocenters. The van der Waals surface area contributed by atoms with E-state index in [0.29, 0.717) is 11.4 Å². The highest BCUT2D eigenvalue weighted by Gasteiger charge is 2.26. The zero-order valence-corrected chi connectivity index (χ0v) is 16.2. The van der Waals surface area contributed by atoms with E-state index in [2.05, 4.69) is 15.0 Å². The zero-order chi connectivity index (χ0) is 20.0. The molecule has 0 saturated heterocycles. The highest BCUT2D eigenvalue weighted by Crippen LogP contribution is 2.37. The van der Waals surface area contributed by atoms with Gasteiger partial charge in [0.05, 0.1) is 23.1 Å². The van der Waals surface area contributed by atoms with Gasteiger partial charge in [-0.3, -0.25) is 9.59 Å². The second-order valence-corrected chi connectivity index (χ2v) is 7.61. The van der Waals surface area contributed by atoms with E-state index >= 15 is 0 Å². The second kappa shape index (κ2) is 6.89. The molecule has 0 radical (unpaired) electrons. The summed E-state index contributed by atoms with van der Waals surface area (Å²) in [5.41, 5.74) is 3.08. The molecule has 2 heterocycles. The maximum absolute atomic E-state index is 13.3. The van der Waals surface area contributed by atoms with Gasteiger partial charge in [0, 0.05) is 12.2 Å². The van der Waals surface area contributed by atoms with E-state index < -0.39 is 0 Å². The van der Waals surface area contributed by atoms with Crippen molar-refractivity contribution in [3.63, 3.8) is 0 Å². The molecule has 1 amide bonds. The first-order valence-electron chi connectivity index (χ1n) is 9.48. The van der Waals surface area contributed by atoms with Crippen LogP contribution in [0.3, 0.4) is 0 Å². The Morgan fingerprint density at radius 3 is 2.75 bits per heavy atom. The third-order valence-corrected chi connectivity index (χ3v) is 5.34. The Kier molecular flexibility index (Phi) is 4.53. The van der Waals surface area contributed by atoms with Crippen LogP contribution in [-0.4, -0.2) is 20.3 Å². The summed E-state index contributed by atoms with van der Waals surface area (Å²) in [6.45, 7) is 5.38. The van der Waals surface area contributed by atoms with Crippen LogP contribution in [0.4, 0.5) is 4.39 Å². The van der Waals surface area contributed by atoms with Gasteiger partial charge in [-0.2, -0.15) is 5.10 Å². The number of carbonyl (C=O) groups excluding carboxylic acids is 1. The lowest BCUT2D eigenvalue weighted by Gasteiger charge is -2.17. The topological polar surface area (TPSA) is 68.9 Å². The maximum atomic E-state index is 13.3. The van der Waals surface area contributed by atoms with Crippen LogP contribution >= 0.6 is 0 Å². The Bertz CT molecular complexity index is 1130. The van der Waals surface area contributed by atoms with E-state index in [0.717, 1.165) is 35.0 Å². The Morgan fingerprint density at radius 2 is 2.07 bits per heavy atom. The van der Waals surface area contributed by atoms with Crippen molar-refractivity contribution in [1.82, 2.24) is 19.7 Å². The fourth-order valence-electron chi connectivity index (χ4n) is 3.78. The zero-order valence-electron chi connectivity index (χ0n) is 16.2. The van der Waals surface area contributed by atoms with E-state index in [1.807, 2.05) is 20.0 Å². The Hall–Kier alpha value is -2.96. The van der Waals surface area contributed by atoms with Gasteiger partial charge >= 0.3 is 0 Å². The summed E-state index contributed by atoms with van der Waals surface area (Å²) in [7, 11) is 0. The molecule has 1 saturated carbocycles.